The molecule has 0 bridgehead atoms. The van der Waals surface area contributed by atoms with Crippen LogP contribution in [0.3, 0.4) is 0 Å². The summed E-state index contributed by atoms with van der Waals surface area (Å²) in [6, 6.07) is 0.764. The first-order chi connectivity index (χ1) is 6.74. The van der Waals surface area contributed by atoms with E-state index in [1.54, 1.807) is 0 Å². The highest BCUT2D eigenvalue weighted by Crippen LogP contribution is 2.24. The third-order valence-corrected chi connectivity index (χ3v) is 3.88. The Balaban J connectivity index is 2.38. The van der Waals surface area contributed by atoms with Crippen molar-refractivity contribution in [3.63, 3.8) is 0 Å². The van der Waals surface area contributed by atoms with Gasteiger partial charge in [-0.25, -0.2) is 0 Å². The monoisotopic (exact) mass is 197 g/mol. The molecule has 1 N–H and O–H groups in total. The fourth-order valence-electron chi connectivity index (χ4n) is 2.70. The molecule has 0 saturated heterocycles. The Morgan fingerprint density at radius 2 is 1.50 bits per heavy atom. The van der Waals surface area contributed by atoms with E-state index in [-0.39, 0.29) is 0 Å². The molecule has 0 aromatic rings. The van der Waals surface area contributed by atoms with Crippen molar-refractivity contribution in [2.24, 2.45) is 11.8 Å². The van der Waals surface area contributed by atoms with Crippen LogP contribution in [0, 0.1) is 11.8 Å². The summed E-state index contributed by atoms with van der Waals surface area (Å²) < 4.78 is 0. The van der Waals surface area contributed by atoms with Gasteiger partial charge in [-0.3, -0.25) is 0 Å². The third-order valence-electron chi connectivity index (χ3n) is 3.88. The van der Waals surface area contributed by atoms with Gasteiger partial charge in [0.1, 0.15) is 0 Å². The normalized spacial score (nSPS) is 36.6. The Labute approximate surface area is 89.7 Å². The predicted molar refractivity (Wildman–Crippen MR) is 63.5 cm³/mol. The molecule has 14 heavy (non-hydrogen) atoms. The van der Waals surface area contributed by atoms with Gasteiger partial charge >= 0.3 is 0 Å². The van der Waals surface area contributed by atoms with Crippen LogP contribution in [-0.4, -0.2) is 13.1 Å². The zero-order chi connectivity index (χ0) is 10.4. The van der Waals surface area contributed by atoms with Crippen LogP contribution < -0.4 is 5.32 Å². The molecule has 0 radical (unpaired) electrons. The van der Waals surface area contributed by atoms with Crippen LogP contribution in [0.5, 0.6) is 0 Å². The molecule has 84 valence electrons. The minimum atomic E-state index is 0.764. The van der Waals surface area contributed by atoms with Crippen LogP contribution >= 0.6 is 0 Å². The molecule has 1 rings (SSSR count). The van der Waals surface area contributed by atoms with Crippen molar-refractivity contribution < 1.29 is 0 Å². The number of hydrogen-bond donors (Lipinski definition) is 1. The largest absolute Gasteiger partial charge is 0.317 e. The Hall–Kier alpha value is -0.0400. The molecule has 0 aromatic heterocycles. The molecular weight excluding hydrogens is 170 g/mol. The maximum atomic E-state index is 3.48. The van der Waals surface area contributed by atoms with E-state index < -0.39 is 0 Å². The van der Waals surface area contributed by atoms with Crippen molar-refractivity contribution in [1.29, 1.82) is 0 Å². The summed E-state index contributed by atoms with van der Waals surface area (Å²) in [4.78, 5) is 0. The van der Waals surface area contributed by atoms with Gasteiger partial charge in [-0.05, 0) is 31.7 Å². The number of rotatable bonds is 1. The molecule has 0 aromatic carbocycles. The van der Waals surface area contributed by atoms with Crippen LogP contribution in [0.25, 0.3) is 0 Å². The van der Waals surface area contributed by atoms with E-state index in [9.17, 15) is 0 Å². The van der Waals surface area contributed by atoms with E-state index in [2.05, 4.69) is 26.2 Å². The Morgan fingerprint density at radius 3 is 2.21 bits per heavy atom. The highest BCUT2D eigenvalue weighted by atomic mass is 14.9. The molecule has 0 aliphatic heterocycles. The van der Waals surface area contributed by atoms with Crippen LogP contribution in [-0.2, 0) is 0 Å². The maximum absolute atomic E-state index is 3.48. The molecular formula is C13H27N. The SMILES string of the molecule is CNC1CCCC(C)CCCCC1C. The van der Waals surface area contributed by atoms with Gasteiger partial charge < -0.3 is 5.32 Å². The topological polar surface area (TPSA) is 12.0 Å². The lowest BCUT2D eigenvalue weighted by molar-refractivity contribution is 0.307. The molecule has 0 spiro atoms. The molecule has 1 saturated carbocycles. The van der Waals surface area contributed by atoms with Gasteiger partial charge in [0.15, 0.2) is 0 Å². The smallest absolute Gasteiger partial charge is 0.00896 e. The molecule has 0 heterocycles. The van der Waals surface area contributed by atoms with Crippen LogP contribution in [0.1, 0.15) is 58.8 Å². The maximum Gasteiger partial charge on any atom is 0.00896 e. The summed E-state index contributed by atoms with van der Waals surface area (Å²) in [5.74, 6) is 1.83. The summed E-state index contributed by atoms with van der Waals surface area (Å²) in [6.07, 6.45) is 9.98. The van der Waals surface area contributed by atoms with E-state index >= 15 is 0 Å². The second kappa shape index (κ2) is 6.44. The molecule has 3 atom stereocenters. The highest BCUT2D eigenvalue weighted by Gasteiger charge is 2.16. The van der Waals surface area contributed by atoms with Gasteiger partial charge in [0.2, 0.25) is 0 Å². The fraction of sp³-hybridized carbons (Fsp3) is 1.00. The average Bonchev–Trinajstić information content (AvgIpc) is 2.18. The number of hydrogen-bond acceptors (Lipinski definition) is 1. The van der Waals surface area contributed by atoms with E-state index in [0.29, 0.717) is 0 Å². The van der Waals surface area contributed by atoms with Crippen LogP contribution in [0.15, 0.2) is 0 Å². The minimum Gasteiger partial charge on any atom is -0.317 e. The summed E-state index contributed by atoms with van der Waals surface area (Å²) in [5.41, 5.74) is 0. The zero-order valence-electron chi connectivity index (χ0n) is 10.2. The van der Waals surface area contributed by atoms with E-state index in [1.165, 1.54) is 44.9 Å². The van der Waals surface area contributed by atoms with Crippen molar-refractivity contribution >= 4 is 0 Å². The molecule has 0 amide bonds. The van der Waals surface area contributed by atoms with Crippen LogP contribution in [0.4, 0.5) is 0 Å². The van der Waals surface area contributed by atoms with Gasteiger partial charge in [0.05, 0.1) is 0 Å². The van der Waals surface area contributed by atoms with E-state index in [0.717, 1.165) is 17.9 Å². The van der Waals surface area contributed by atoms with Gasteiger partial charge in [0, 0.05) is 6.04 Å². The average molecular weight is 197 g/mol. The summed E-state index contributed by atoms with van der Waals surface area (Å²) in [7, 11) is 2.12. The second-order valence-electron chi connectivity index (χ2n) is 5.19. The first kappa shape index (κ1) is 12.0. The first-order valence-electron chi connectivity index (χ1n) is 6.41. The molecule has 1 fully saturated rings. The first-order valence-corrected chi connectivity index (χ1v) is 6.41. The highest BCUT2D eigenvalue weighted by molar-refractivity contribution is 4.73. The zero-order valence-corrected chi connectivity index (χ0v) is 10.2. The van der Waals surface area contributed by atoms with E-state index in [4.69, 9.17) is 0 Å². The fourth-order valence-corrected chi connectivity index (χ4v) is 2.70. The van der Waals surface area contributed by atoms with Crippen molar-refractivity contribution in [2.45, 2.75) is 64.8 Å². The van der Waals surface area contributed by atoms with E-state index in [1.807, 2.05) is 0 Å². The lowest BCUT2D eigenvalue weighted by atomic mass is 9.87. The molecule has 3 unspecified atom stereocenters. The minimum absolute atomic E-state index is 0.764. The van der Waals surface area contributed by atoms with Crippen molar-refractivity contribution in [1.82, 2.24) is 5.32 Å². The Morgan fingerprint density at radius 1 is 0.857 bits per heavy atom. The standard InChI is InChI=1S/C13H27N/c1-11-7-4-5-9-12(2)13(14-3)10-6-8-11/h11-14H,4-10H2,1-3H3. The summed E-state index contributed by atoms with van der Waals surface area (Å²) >= 11 is 0. The molecule has 1 aliphatic carbocycles. The predicted octanol–water partition coefficient (Wildman–Crippen LogP) is 3.59. The molecule has 1 nitrogen and oxygen atoms in total. The molecule has 1 heteroatoms. The quantitative estimate of drug-likeness (QED) is 0.677. The van der Waals surface area contributed by atoms with Gasteiger partial charge in [0.25, 0.3) is 0 Å². The second-order valence-corrected chi connectivity index (χ2v) is 5.19. The van der Waals surface area contributed by atoms with Gasteiger partial charge in [-0.15, -0.1) is 0 Å². The van der Waals surface area contributed by atoms with Crippen molar-refractivity contribution in [3.05, 3.63) is 0 Å². The lowest BCUT2D eigenvalue weighted by Crippen LogP contribution is -2.32. The van der Waals surface area contributed by atoms with Crippen LogP contribution in [0.2, 0.25) is 0 Å². The van der Waals surface area contributed by atoms with Gasteiger partial charge in [-0.1, -0.05) is 46.0 Å². The Kier molecular flexibility index (Phi) is 5.54. The third kappa shape index (κ3) is 4.00. The number of nitrogens with one attached hydrogen (secondary N) is 1. The molecule has 1 aliphatic rings. The van der Waals surface area contributed by atoms with Crippen molar-refractivity contribution in [3.8, 4) is 0 Å². The summed E-state index contributed by atoms with van der Waals surface area (Å²) in [6.45, 7) is 4.83. The Bertz CT molecular complexity index is 144. The van der Waals surface area contributed by atoms with Gasteiger partial charge in [-0.2, -0.15) is 0 Å². The summed E-state index contributed by atoms with van der Waals surface area (Å²) in [5, 5.41) is 3.48. The van der Waals surface area contributed by atoms with Crippen molar-refractivity contribution in [2.75, 3.05) is 7.05 Å². The lowest BCUT2D eigenvalue weighted by Gasteiger charge is -2.26.